The zero-order valence-electron chi connectivity index (χ0n) is 16.2. The van der Waals surface area contributed by atoms with Crippen molar-refractivity contribution in [3.05, 3.63) is 70.2 Å². The minimum Gasteiger partial charge on any atom is -0.454 e. The third kappa shape index (κ3) is 6.35. The van der Waals surface area contributed by atoms with Crippen LogP contribution in [0.25, 0.3) is 6.08 Å². The van der Waals surface area contributed by atoms with Gasteiger partial charge in [0.25, 0.3) is 0 Å². The van der Waals surface area contributed by atoms with Gasteiger partial charge in [-0.05, 0) is 35.9 Å². The van der Waals surface area contributed by atoms with Gasteiger partial charge in [0, 0.05) is 29.2 Å². The normalized spacial score (nSPS) is 11.7. The van der Waals surface area contributed by atoms with E-state index in [1.807, 2.05) is 0 Å². The number of rotatable bonds is 9. The molecule has 0 spiro atoms. The molecule has 0 amide bonds. The SMILES string of the molecule is CCN(CC)S(=O)(=O)c1ccc(C=CC(=O)OCC(=O)c2cccc(Br)c2)cc1. The van der Waals surface area contributed by atoms with Crippen LogP contribution in [0.4, 0.5) is 0 Å². The molecule has 0 unspecified atom stereocenters. The molecule has 0 radical (unpaired) electrons. The van der Waals surface area contributed by atoms with Crippen LogP contribution in [-0.4, -0.2) is 44.2 Å². The summed E-state index contributed by atoms with van der Waals surface area (Å²) in [5.41, 5.74) is 1.08. The largest absolute Gasteiger partial charge is 0.454 e. The fourth-order valence-electron chi connectivity index (χ4n) is 2.56. The monoisotopic (exact) mass is 479 g/mol. The summed E-state index contributed by atoms with van der Waals surface area (Å²) >= 11 is 3.28. The summed E-state index contributed by atoms with van der Waals surface area (Å²) in [5.74, 6) is -0.966. The number of Topliss-reactive ketones (excluding diaryl/α,β-unsaturated/α-hetero) is 1. The summed E-state index contributed by atoms with van der Waals surface area (Å²) in [7, 11) is -3.52. The van der Waals surface area contributed by atoms with Gasteiger partial charge in [-0.25, -0.2) is 13.2 Å². The Hall–Kier alpha value is -2.29. The van der Waals surface area contributed by atoms with Gasteiger partial charge in [0.15, 0.2) is 12.4 Å². The third-order valence-electron chi connectivity index (χ3n) is 4.13. The Morgan fingerprint density at radius 2 is 1.72 bits per heavy atom. The number of nitrogens with zero attached hydrogens (tertiary/aromatic N) is 1. The Morgan fingerprint density at radius 1 is 1.07 bits per heavy atom. The lowest BCUT2D eigenvalue weighted by molar-refractivity contribution is -0.136. The molecule has 0 aromatic heterocycles. The molecule has 0 fully saturated rings. The molecule has 6 nitrogen and oxygen atoms in total. The van der Waals surface area contributed by atoms with Crippen LogP contribution in [0.5, 0.6) is 0 Å². The van der Waals surface area contributed by atoms with E-state index in [2.05, 4.69) is 15.9 Å². The van der Waals surface area contributed by atoms with Crippen molar-refractivity contribution in [1.82, 2.24) is 4.31 Å². The highest BCUT2D eigenvalue weighted by Gasteiger charge is 2.20. The summed E-state index contributed by atoms with van der Waals surface area (Å²) in [5, 5.41) is 0. The highest BCUT2D eigenvalue weighted by Crippen LogP contribution is 2.17. The first kappa shape index (κ1) is 23.0. The fourth-order valence-corrected chi connectivity index (χ4v) is 4.42. The zero-order chi connectivity index (χ0) is 21.4. The lowest BCUT2D eigenvalue weighted by Gasteiger charge is -2.18. The van der Waals surface area contributed by atoms with E-state index in [1.165, 1.54) is 28.6 Å². The van der Waals surface area contributed by atoms with E-state index in [1.54, 1.807) is 50.2 Å². The van der Waals surface area contributed by atoms with E-state index in [0.29, 0.717) is 24.2 Å². The molecule has 0 saturated heterocycles. The summed E-state index contributed by atoms with van der Waals surface area (Å²) in [4.78, 5) is 24.1. The number of ether oxygens (including phenoxy) is 1. The van der Waals surface area contributed by atoms with E-state index in [4.69, 9.17) is 4.74 Å². The maximum atomic E-state index is 12.5. The predicted molar refractivity (Wildman–Crippen MR) is 115 cm³/mol. The van der Waals surface area contributed by atoms with Crippen molar-refractivity contribution < 1.29 is 22.7 Å². The Morgan fingerprint density at radius 3 is 2.31 bits per heavy atom. The molecule has 0 atom stereocenters. The lowest BCUT2D eigenvalue weighted by Crippen LogP contribution is -2.30. The number of hydrogen-bond donors (Lipinski definition) is 0. The van der Waals surface area contributed by atoms with Crippen LogP contribution in [0.3, 0.4) is 0 Å². The van der Waals surface area contributed by atoms with Gasteiger partial charge in [-0.1, -0.05) is 54.0 Å². The number of carbonyl (C=O) groups excluding carboxylic acids is 2. The van der Waals surface area contributed by atoms with E-state index in [9.17, 15) is 18.0 Å². The molecule has 29 heavy (non-hydrogen) atoms. The molecular weight excluding hydrogens is 458 g/mol. The molecule has 0 aliphatic rings. The van der Waals surface area contributed by atoms with Crippen molar-refractivity contribution in [3.63, 3.8) is 0 Å². The molecule has 0 N–H and O–H groups in total. The van der Waals surface area contributed by atoms with Gasteiger partial charge in [0.1, 0.15) is 0 Å². The van der Waals surface area contributed by atoms with Crippen molar-refractivity contribution in [2.75, 3.05) is 19.7 Å². The van der Waals surface area contributed by atoms with E-state index >= 15 is 0 Å². The number of carbonyl (C=O) groups is 2. The molecule has 0 aliphatic carbocycles. The molecule has 2 rings (SSSR count). The van der Waals surface area contributed by atoms with Gasteiger partial charge >= 0.3 is 5.97 Å². The highest BCUT2D eigenvalue weighted by atomic mass is 79.9. The standard InChI is InChI=1S/C21H22BrNO5S/c1-3-23(4-2)29(26,27)19-11-8-16(9-12-19)10-13-21(25)28-15-20(24)17-6-5-7-18(22)14-17/h5-14H,3-4,15H2,1-2H3. The smallest absolute Gasteiger partial charge is 0.331 e. The average molecular weight is 480 g/mol. The van der Waals surface area contributed by atoms with Crippen LogP contribution >= 0.6 is 15.9 Å². The molecule has 0 saturated carbocycles. The molecule has 154 valence electrons. The van der Waals surface area contributed by atoms with E-state index in [0.717, 1.165) is 4.47 Å². The van der Waals surface area contributed by atoms with Crippen LogP contribution in [0.2, 0.25) is 0 Å². The maximum absolute atomic E-state index is 12.5. The van der Waals surface area contributed by atoms with Crippen LogP contribution in [-0.2, 0) is 19.6 Å². The number of hydrogen-bond acceptors (Lipinski definition) is 5. The number of ketones is 1. The van der Waals surface area contributed by atoms with Crippen molar-refractivity contribution in [2.24, 2.45) is 0 Å². The van der Waals surface area contributed by atoms with Gasteiger partial charge < -0.3 is 4.74 Å². The van der Waals surface area contributed by atoms with Gasteiger partial charge in [-0.15, -0.1) is 0 Å². The second-order valence-corrected chi connectivity index (χ2v) is 8.89. The molecule has 2 aromatic carbocycles. The van der Waals surface area contributed by atoms with E-state index in [-0.39, 0.29) is 17.3 Å². The van der Waals surface area contributed by atoms with Crippen LogP contribution in [0, 0.1) is 0 Å². The van der Waals surface area contributed by atoms with Crippen LogP contribution in [0.15, 0.2) is 64.0 Å². The summed E-state index contributed by atoms with van der Waals surface area (Å²) < 4.78 is 32.0. The molecule has 8 heteroatoms. The molecule has 0 aliphatic heterocycles. The Bertz CT molecular complexity index is 996. The first-order valence-corrected chi connectivity index (χ1v) is 11.2. The number of sulfonamides is 1. The minimum absolute atomic E-state index is 0.195. The van der Waals surface area contributed by atoms with Gasteiger partial charge in [0.2, 0.25) is 10.0 Å². The van der Waals surface area contributed by atoms with Crippen LogP contribution < -0.4 is 0 Å². The molecule has 0 bridgehead atoms. The third-order valence-corrected chi connectivity index (χ3v) is 6.68. The van der Waals surface area contributed by atoms with Gasteiger partial charge in [0.05, 0.1) is 4.90 Å². The van der Waals surface area contributed by atoms with Crippen molar-refractivity contribution in [1.29, 1.82) is 0 Å². The van der Waals surface area contributed by atoms with Gasteiger partial charge in [-0.2, -0.15) is 4.31 Å². The predicted octanol–water partition coefficient (Wildman–Crippen LogP) is 3.92. The number of esters is 1. The van der Waals surface area contributed by atoms with Crippen LogP contribution in [0.1, 0.15) is 29.8 Å². The number of halogens is 1. The Kier molecular flexibility index (Phi) is 8.31. The first-order valence-electron chi connectivity index (χ1n) is 9.01. The summed E-state index contributed by atoms with van der Waals surface area (Å²) in [6.07, 6.45) is 2.70. The second kappa shape index (κ2) is 10.5. The Balaban J connectivity index is 1.96. The van der Waals surface area contributed by atoms with Crippen molar-refractivity contribution in [2.45, 2.75) is 18.7 Å². The highest BCUT2D eigenvalue weighted by molar-refractivity contribution is 9.10. The quantitative estimate of drug-likeness (QED) is 0.309. The summed E-state index contributed by atoms with van der Waals surface area (Å²) in [6.45, 7) is 3.99. The fraction of sp³-hybridized carbons (Fsp3) is 0.238. The van der Waals surface area contributed by atoms with E-state index < -0.39 is 16.0 Å². The average Bonchev–Trinajstić information content (AvgIpc) is 2.71. The number of benzene rings is 2. The van der Waals surface area contributed by atoms with Crippen molar-refractivity contribution in [3.8, 4) is 0 Å². The second-order valence-electron chi connectivity index (χ2n) is 6.03. The van der Waals surface area contributed by atoms with Gasteiger partial charge in [-0.3, -0.25) is 4.79 Å². The molecular formula is C21H22BrNO5S. The lowest BCUT2D eigenvalue weighted by atomic mass is 10.1. The first-order chi connectivity index (χ1) is 13.8. The Labute approximate surface area is 179 Å². The molecule has 0 heterocycles. The zero-order valence-corrected chi connectivity index (χ0v) is 18.6. The maximum Gasteiger partial charge on any atom is 0.331 e. The topological polar surface area (TPSA) is 80.8 Å². The minimum atomic E-state index is -3.52. The van der Waals surface area contributed by atoms with Crippen molar-refractivity contribution >= 4 is 43.8 Å². The summed E-state index contributed by atoms with van der Waals surface area (Å²) in [6, 6.07) is 13.0. The molecule has 2 aromatic rings.